The quantitative estimate of drug-likeness (QED) is 0.790. The van der Waals surface area contributed by atoms with Crippen molar-refractivity contribution in [1.82, 2.24) is 4.72 Å². The normalized spacial score (nSPS) is 18.5. The van der Waals surface area contributed by atoms with Crippen molar-refractivity contribution in [1.29, 1.82) is 0 Å². The van der Waals surface area contributed by atoms with E-state index < -0.39 is 16.1 Å². The Hall–Kier alpha value is -2.58. The molecule has 8 heteroatoms. The number of sulfonamides is 1. The van der Waals surface area contributed by atoms with Gasteiger partial charge in [0, 0.05) is 12.5 Å². The first kappa shape index (κ1) is 17.8. The Morgan fingerprint density at radius 1 is 1.19 bits per heavy atom. The van der Waals surface area contributed by atoms with Crippen molar-refractivity contribution in [2.45, 2.75) is 36.3 Å². The van der Waals surface area contributed by atoms with Crippen LogP contribution in [-0.4, -0.2) is 33.6 Å². The molecule has 1 aliphatic heterocycles. The van der Waals surface area contributed by atoms with Crippen LogP contribution in [0.3, 0.4) is 0 Å². The summed E-state index contributed by atoms with van der Waals surface area (Å²) in [5.74, 6) is 0.716. The fraction of sp³-hybridized carbons (Fsp3) is 0.316. The molecule has 27 heavy (non-hydrogen) atoms. The maximum Gasteiger partial charge on any atom is 0.265 e. The minimum absolute atomic E-state index is 0.000496. The topological polar surface area (TPSA) is 93.7 Å². The summed E-state index contributed by atoms with van der Waals surface area (Å²) in [5.41, 5.74) is 1.26. The van der Waals surface area contributed by atoms with Crippen molar-refractivity contribution in [2.24, 2.45) is 0 Å². The minimum atomic E-state index is -3.63. The van der Waals surface area contributed by atoms with Gasteiger partial charge in [-0.2, -0.15) is 0 Å². The van der Waals surface area contributed by atoms with Gasteiger partial charge in [0.25, 0.3) is 5.91 Å². The van der Waals surface area contributed by atoms with E-state index in [-0.39, 0.29) is 16.8 Å². The fourth-order valence-corrected chi connectivity index (χ4v) is 4.31. The zero-order chi connectivity index (χ0) is 19.0. The van der Waals surface area contributed by atoms with Crippen LogP contribution in [0.1, 0.15) is 18.4 Å². The van der Waals surface area contributed by atoms with Gasteiger partial charge in [0.15, 0.2) is 6.10 Å². The molecule has 2 aromatic carbocycles. The number of rotatable bonds is 6. The van der Waals surface area contributed by atoms with Crippen LogP contribution in [0.2, 0.25) is 0 Å². The summed E-state index contributed by atoms with van der Waals surface area (Å²) in [5, 5.41) is 2.74. The number of anilines is 1. The van der Waals surface area contributed by atoms with Crippen molar-refractivity contribution < 1.29 is 22.7 Å². The van der Waals surface area contributed by atoms with Gasteiger partial charge in [-0.05, 0) is 42.7 Å². The van der Waals surface area contributed by atoms with E-state index in [0.29, 0.717) is 23.6 Å². The molecule has 1 atom stereocenters. The molecule has 2 aliphatic rings. The average Bonchev–Trinajstić information content (AvgIpc) is 3.34. The Bertz CT molecular complexity index is 960. The Kier molecular flexibility index (Phi) is 4.53. The monoisotopic (exact) mass is 388 g/mol. The van der Waals surface area contributed by atoms with E-state index in [1.807, 2.05) is 24.3 Å². The SMILES string of the molecule is COc1ccc(S(=O)(=O)NC2CC2)cc1NC(=O)C1Cc2ccccc2O1. The third-order valence-electron chi connectivity index (χ3n) is 4.58. The van der Waals surface area contributed by atoms with Crippen molar-refractivity contribution >= 4 is 21.6 Å². The highest BCUT2D eigenvalue weighted by atomic mass is 32.2. The molecule has 1 amide bonds. The molecule has 0 radical (unpaired) electrons. The maximum absolute atomic E-state index is 12.6. The molecule has 7 nitrogen and oxygen atoms in total. The third-order valence-corrected chi connectivity index (χ3v) is 6.10. The first-order chi connectivity index (χ1) is 13.0. The second-order valence-electron chi connectivity index (χ2n) is 6.67. The lowest BCUT2D eigenvalue weighted by Gasteiger charge is -2.15. The molecule has 0 saturated heterocycles. The van der Waals surface area contributed by atoms with E-state index in [2.05, 4.69) is 10.0 Å². The van der Waals surface area contributed by atoms with Gasteiger partial charge in [-0.1, -0.05) is 18.2 Å². The number of carbonyl (C=O) groups excluding carboxylic acids is 1. The first-order valence-electron chi connectivity index (χ1n) is 8.72. The van der Waals surface area contributed by atoms with E-state index in [1.165, 1.54) is 25.3 Å². The third kappa shape index (κ3) is 3.77. The van der Waals surface area contributed by atoms with Gasteiger partial charge in [0.1, 0.15) is 11.5 Å². The summed E-state index contributed by atoms with van der Waals surface area (Å²) in [4.78, 5) is 12.7. The number of nitrogens with one attached hydrogen (secondary N) is 2. The van der Waals surface area contributed by atoms with E-state index in [0.717, 1.165) is 18.4 Å². The standard InChI is InChI=1S/C19H20N2O5S/c1-25-17-9-8-14(27(23,24)21-13-6-7-13)11-15(17)20-19(22)18-10-12-4-2-3-5-16(12)26-18/h2-5,8-9,11,13,18,21H,6-7,10H2,1H3,(H,20,22). The molecule has 0 bridgehead atoms. The molecule has 0 spiro atoms. The second kappa shape index (κ2) is 6.86. The summed E-state index contributed by atoms with van der Waals surface area (Å²) in [6, 6.07) is 11.9. The largest absolute Gasteiger partial charge is 0.495 e. The summed E-state index contributed by atoms with van der Waals surface area (Å²) in [6.07, 6.45) is 1.49. The van der Waals surface area contributed by atoms with Crippen molar-refractivity contribution in [3.05, 3.63) is 48.0 Å². The molecule has 0 aromatic heterocycles. The Morgan fingerprint density at radius 3 is 2.67 bits per heavy atom. The number of ether oxygens (including phenoxy) is 2. The van der Waals surface area contributed by atoms with Crippen molar-refractivity contribution in [3.8, 4) is 11.5 Å². The smallest absolute Gasteiger partial charge is 0.265 e. The lowest BCUT2D eigenvalue weighted by atomic mass is 10.1. The lowest BCUT2D eigenvalue weighted by molar-refractivity contribution is -0.122. The molecular formula is C19H20N2O5S. The van der Waals surface area contributed by atoms with Gasteiger partial charge in [-0.25, -0.2) is 13.1 Å². The molecule has 2 N–H and O–H groups in total. The zero-order valence-corrected chi connectivity index (χ0v) is 15.6. The molecule has 1 heterocycles. The number of hydrogen-bond acceptors (Lipinski definition) is 5. The number of amides is 1. The average molecular weight is 388 g/mol. The molecule has 1 saturated carbocycles. The van der Waals surface area contributed by atoms with Gasteiger partial charge in [0.05, 0.1) is 17.7 Å². The maximum atomic E-state index is 12.6. The molecular weight excluding hydrogens is 368 g/mol. The summed E-state index contributed by atoms with van der Waals surface area (Å²) in [6.45, 7) is 0. The second-order valence-corrected chi connectivity index (χ2v) is 8.38. The first-order valence-corrected chi connectivity index (χ1v) is 10.2. The highest BCUT2D eigenvalue weighted by molar-refractivity contribution is 7.89. The van der Waals surface area contributed by atoms with Gasteiger partial charge in [-0.15, -0.1) is 0 Å². The number of benzene rings is 2. The lowest BCUT2D eigenvalue weighted by Crippen LogP contribution is -2.31. The van der Waals surface area contributed by atoms with Crippen LogP contribution in [0.15, 0.2) is 47.4 Å². The van der Waals surface area contributed by atoms with Gasteiger partial charge >= 0.3 is 0 Å². The predicted molar refractivity (Wildman–Crippen MR) is 99.5 cm³/mol. The van der Waals surface area contributed by atoms with Crippen LogP contribution >= 0.6 is 0 Å². The van der Waals surface area contributed by atoms with E-state index in [4.69, 9.17) is 9.47 Å². The van der Waals surface area contributed by atoms with E-state index >= 15 is 0 Å². The number of hydrogen-bond donors (Lipinski definition) is 2. The Balaban J connectivity index is 1.54. The van der Waals surface area contributed by atoms with E-state index in [1.54, 1.807) is 0 Å². The minimum Gasteiger partial charge on any atom is -0.495 e. The van der Waals surface area contributed by atoms with Crippen LogP contribution in [0, 0.1) is 0 Å². The van der Waals surface area contributed by atoms with Crippen LogP contribution in [-0.2, 0) is 21.2 Å². The van der Waals surface area contributed by atoms with Crippen LogP contribution in [0.25, 0.3) is 0 Å². The molecule has 1 unspecified atom stereocenters. The molecule has 4 rings (SSSR count). The number of methoxy groups -OCH3 is 1. The summed E-state index contributed by atoms with van der Waals surface area (Å²) >= 11 is 0. The van der Waals surface area contributed by atoms with Crippen LogP contribution < -0.4 is 19.5 Å². The van der Waals surface area contributed by atoms with Gasteiger partial charge in [-0.3, -0.25) is 4.79 Å². The highest BCUT2D eigenvalue weighted by Crippen LogP contribution is 2.32. The summed E-state index contributed by atoms with van der Waals surface area (Å²) < 4.78 is 38.4. The zero-order valence-electron chi connectivity index (χ0n) is 14.8. The van der Waals surface area contributed by atoms with Crippen LogP contribution in [0.5, 0.6) is 11.5 Å². The molecule has 1 aliphatic carbocycles. The Labute approximate surface area is 157 Å². The van der Waals surface area contributed by atoms with Crippen LogP contribution in [0.4, 0.5) is 5.69 Å². The fourth-order valence-electron chi connectivity index (χ4n) is 2.98. The summed E-state index contributed by atoms with van der Waals surface area (Å²) in [7, 11) is -2.17. The number of para-hydroxylation sites is 1. The van der Waals surface area contributed by atoms with Crippen molar-refractivity contribution in [3.63, 3.8) is 0 Å². The Morgan fingerprint density at radius 2 is 1.96 bits per heavy atom. The van der Waals surface area contributed by atoms with E-state index in [9.17, 15) is 13.2 Å². The van der Waals surface area contributed by atoms with Gasteiger partial charge in [0.2, 0.25) is 10.0 Å². The van der Waals surface area contributed by atoms with Gasteiger partial charge < -0.3 is 14.8 Å². The molecule has 1 fully saturated rings. The number of fused-ring (bicyclic) bond motifs is 1. The number of carbonyl (C=O) groups is 1. The van der Waals surface area contributed by atoms with Crippen molar-refractivity contribution in [2.75, 3.05) is 12.4 Å². The molecule has 142 valence electrons. The highest BCUT2D eigenvalue weighted by Gasteiger charge is 2.31. The predicted octanol–water partition coefficient (Wildman–Crippen LogP) is 2.08. The molecule has 2 aromatic rings.